The predicted molar refractivity (Wildman–Crippen MR) is 81.3 cm³/mol. The number of primary sulfonamides is 1. The average Bonchev–Trinajstić information content (AvgIpc) is 2.40. The summed E-state index contributed by atoms with van der Waals surface area (Å²) in [5.41, 5.74) is 8.34. The van der Waals surface area contributed by atoms with Gasteiger partial charge in [-0.2, -0.15) is 0 Å². The van der Waals surface area contributed by atoms with E-state index in [1.54, 1.807) is 12.1 Å². The Balaban J connectivity index is 2.43. The SMILES string of the molecule is CCc1cccc(Nc2ccc(N)cc2S(N)(=O)=O)c1. The molecule has 5 N–H and O–H groups in total. The fraction of sp³-hybridized carbons (Fsp3) is 0.143. The van der Waals surface area contributed by atoms with Crippen LogP contribution in [0, 0.1) is 0 Å². The van der Waals surface area contributed by atoms with Crippen LogP contribution >= 0.6 is 0 Å². The van der Waals surface area contributed by atoms with Gasteiger partial charge in [-0.1, -0.05) is 19.1 Å². The zero-order valence-electron chi connectivity index (χ0n) is 11.1. The van der Waals surface area contributed by atoms with E-state index in [2.05, 4.69) is 12.2 Å². The molecule has 0 aliphatic carbocycles. The van der Waals surface area contributed by atoms with Gasteiger partial charge < -0.3 is 11.1 Å². The number of anilines is 3. The van der Waals surface area contributed by atoms with E-state index in [0.717, 1.165) is 17.7 Å². The summed E-state index contributed by atoms with van der Waals surface area (Å²) in [6.07, 6.45) is 0.902. The monoisotopic (exact) mass is 291 g/mol. The Kier molecular flexibility index (Phi) is 3.96. The number of nitrogens with one attached hydrogen (secondary N) is 1. The second-order valence-corrected chi connectivity index (χ2v) is 6.01. The van der Waals surface area contributed by atoms with E-state index in [0.29, 0.717) is 11.4 Å². The predicted octanol–water partition coefficient (Wildman–Crippen LogP) is 2.22. The van der Waals surface area contributed by atoms with Gasteiger partial charge >= 0.3 is 0 Å². The van der Waals surface area contributed by atoms with Gasteiger partial charge in [0.15, 0.2) is 0 Å². The number of hydrogen-bond acceptors (Lipinski definition) is 4. The van der Waals surface area contributed by atoms with E-state index in [1.807, 2.05) is 24.3 Å². The maximum atomic E-state index is 11.6. The molecule has 0 saturated heterocycles. The molecule has 0 fully saturated rings. The van der Waals surface area contributed by atoms with E-state index >= 15 is 0 Å². The van der Waals surface area contributed by atoms with Gasteiger partial charge in [-0.3, -0.25) is 0 Å². The van der Waals surface area contributed by atoms with E-state index < -0.39 is 10.0 Å². The standard InChI is InChI=1S/C14H17N3O2S/c1-2-10-4-3-5-12(8-10)17-13-7-6-11(15)9-14(13)20(16,18)19/h3-9,17H,2,15H2,1H3,(H2,16,18,19). The molecule has 0 amide bonds. The summed E-state index contributed by atoms with van der Waals surface area (Å²) in [5, 5.41) is 8.28. The number of hydrogen-bond donors (Lipinski definition) is 3. The lowest BCUT2D eigenvalue weighted by molar-refractivity contribution is 0.598. The number of sulfonamides is 1. The first-order chi connectivity index (χ1) is 9.40. The zero-order valence-corrected chi connectivity index (χ0v) is 11.9. The van der Waals surface area contributed by atoms with Gasteiger partial charge in [0.05, 0.1) is 5.69 Å². The topological polar surface area (TPSA) is 98.2 Å². The largest absolute Gasteiger partial charge is 0.399 e. The summed E-state index contributed by atoms with van der Waals surface area (Å²) in [6, 6.07) is 12.3. The molecule has 0 radical (unpaired) electrons. The van der Waals surface area contributed by atoms with E-state index in [9.17, 15) is 8.42 Å². The van der Waals surface area contributed by atoms with Crippen molar-refractivity contribution in [1.82, 2.24) is 0 Å². The minimum Gasteiger partial charge on any atom is -0.399 e. The highest BCUT2D eigenvalue weighted by molar-refractivity contribution is 7.89. The molecule has 5 nitrogen and oxygen atoms in total. The molecule has 0 atom stereocenters. The molecule has 2 aromatic carbocycles. The molecule has 0 spiro atoms. The number of nitrogen functional groups attached to an aromatic ring is 1. The Morgan fingerprint density at radius 3 is 2.55 bits per heavy atom. The van der Waals surface area contributed by atoms with Gasteiger partial charge in [-0.05, 0) is 42.3 Å². The maximum Gasteiger partial charge on any atom is 0.240 e. The Labute approximate surface area is 118 Å². The van der Waals surface area contributed by atoms with Crippen molar-refractivity contribution in [3.05, 3.63) is 48.0 Å². The summed E-state index contributed by atoms with van der Waals surface area (Å²) < 4.78 is 23.2. The normalized spacial score (nSPS) is 11.3. The van der Waals surface area contributed by atoms with Crippen LogP contribution in [0.25, 0.3) is 0 Å². The van der Waals surface area contributed by atoms with Crippen molar-refractivity contribution in [2.24, 2.45) is 5.14 Å². The summed E-state index contributed by atoms with van der Waals surface area (Å²) in [4.78, 5) is -0.0144. The number of nitrogens with two attached hydrogens (primary N) is 2. The van der Waals surface area contributed by atoms with Crippen LogP contribution < -0.4 is 16.2 Å². The first kappa shape index (κ1) is 14.4. The maximum absolute atomic E-state index is 11.6. The van der Waals surface area contributed by atoms with Crippen LogP contribution in [-0.2, 0) is 16.4 Å². The number of benzene rings is 2. The molecule has 0 aliphatic heterocycles. The van der Waals surface area contributed by atoms with Gasteiger partial charge in [0.1, 0.15) is 4.90 Å². The van der Waals surface area contributed by atoms with Gasteiger partial charge in [0.25, 0.3) is 0 Å². The molecular formula is C14H17N3O2S. The van der Waals surface area contributed by atoms with Crippen molar-refractivity contribution < 1.29 is 8.42 Å². The Morgan fingerprint density at radius 2 is 1.90 bits per heavy atom. The van der Waals surface area contributed by atoms with Crippen molar-refractivity contribution in [3.63, 3.8) is 0 Å². The Bertz CT molecular complexity index is 727. The fourth-order valence-electron chi connectivity index (χ4n) is 1.90. The summed E-state index contributed by atoms with van der Waals surface area (Å²) in [6.45, 7) is 2.05. The molecule has 106 valence electrons. The van der Waals surface area contributed by atoms with E-state index in [-0.39, 0.29) is 4.90 Å². The first-order valence-electron chi connectivity index (χ1n) is 6.18. The van der Waals surface area contributed by atoms with Crippen LogP contribution in [0.4, 0.5) is 17.1 Å². The molecule has 0 heterocycles. The molecule has 0 aliphatic rings. The third-order valence-electron chi connectivity index (χ3n) is 2.93. The quantitative estimate of drug-likeness (QED) is 0.752. The van der Waals surface area contributed by atoms with E-state index in [4.69, 9.17) is 10.9 Å². The summed E-state index contributed by atoms with van der Waals surface area (Å²) >= 11 is 0. The fourth-order valence-corrected chi connectivity index (χ4v) is 2.63. The highest BCUT2D eigenvalue weighted by atomic mass is 32.2. The van der Waals surface area contributed by atoms with Crippen molar-refractivity contribution in [2.45, 2.75) is 18.2 Å². The smallest absolute Gasteiger partial charge is 0.240 e. The van der Waals surface area contributed by atoms with E-state index in [1.165, 1.54) is 6.07 Å². The van der Waals surface area contributed by atoms with Gasteiger partial charge in [0.2, 0.25) is 10.0 Å². The lowest BCUT2D eigenvalue weighted by Crippen LogP contribution is -2.14. The second kappa shape index (κ2) is 5.52. The summed E-state index contributed by atoms with van der Waals surface area (Å²) in [5.74, 6) is 0. The third kappa shape index (κ3) is 3.28. The number of rotatable bonds is 4. The van der Waals surface area contributed by atoms with Crippen molar-refractivity contribution in [1.29, 1.82) is 0 Å². The van der Waals surface area contributed by atoms with Crippen molar-refractivity contribution >= 4 is 27.1 Å². The van der Waals surface area contributed by atoms with Crippen LogP contribution in [0.1, 0.15) is 12.5 Å². The molecule has 0 saturated carbocycles. The third-order valence-corrected chi connectivity index (χ3v) is 3.88. The van der Waals surface area contributed by atoms with Crippen molar-refractivity contribution in [2.75, 3.05) is 11.1 Å². The van der Waals surface area contributed by atoms with Crippen LogP contribution in [-0.4, -0.2) is 8.42 Å². The molecule has 2 rings (SSSR count). The Morgan fingerprint density at radius 1 is 1.15 bits per heavy atom. The highest BCUT2D eigenvalue weighted by Gasteiger charge is 2.14. The van der Waals surface area contributed by atoms with Crippen LogP contribution in [0.5, 0.6) is 0 Å². The lowest BCUT2D eigenvalue weighted by atomic mass is 10.1. The first-order valence-corrected chi connectivity index (χ1v) is 7.73. The average molecular weight is 291 g/mol. The van der Waals surface area contributed by atoms with Gasteiger partial charge in [-0.15, -0.1) is 0 Å². The zero-order chi connectivity index (χ0) is 14.8. The molecule has 0 bridgehead atoms. The second-order valence-electron chi connectivity index (χ2n) is 4.48. The minimum absolute atomic E-state index is 0.0144. The number of aryl methyl sites for hydroxylation is 1. The van der Waals surface area contributed by atoms with Crippen LogP contribution in [0.3, 0.4) is 0 Å². The summed E-state index contributed by atoms with van der Waals surface area (Å²) in [7, 11) is -3.83. The lowest BCUT2D eigenvalue weighted by Gasteiger charge is -2.12. The van der Waals surface area contributed by atoms with Gasteiger partial charge in [-0.25, -0.2) is 13.6 Å². The molecular weight excluding hydrogens is 274 g/mol. The Hall–Kier alpha value is -2.05. The van der Waals surface area contributed by atoms with Crippen LogP contribution in [0.15, 0.2) is 47.4 Å². The molecule has 0 aromatic heterocycles. The highest BCUT2D eigenvalue weighted by Crippen LogP contribution is 2.26. The van der Waals surface area contributed by atoms with Crippen molar-refractivity contribution in [3.8, 4) is 0 Å². The van der Waals surface area contributed by atoms with Crippen LogP contribution in [0.2, 0.25) is 0 Å². The molecule has 20 heavy (non-hydrogen) atoms. The molecule has 0 unspecified atom stereocenters. The van der Waals surface area contributed by atoms with Gasteiger partial charge in [0, 0.05) is 11.4 Å². The molecule has 2 aromatic rings. The molecule has 6 heteroatoms. The minimum atomic E-state index is -3.83.